The highest BCUT2D eigenvalue weighted by molar-refractivity contribution is 7.10. The zero-order chi connectivity index (χ0) is 15.1. The van der Waals surface area contributed by atoms with Gasteiger partial charge in [0.1, 0.15) is 6.17 Å². The van der Waals surface area contributed by atoms with Crippen LogP contribution in [0, 0.1) is 0 Å². The maximum Gasteiger partial charge on any atom is 0.278 e. The van der Waals surface area contributed by atoms with Crippen LogP contribution in [-0.4, -0.2) is 34.2 Å². The number of fused-ring (bicyclic) bond motifs is 2. The van der Waals surface area contributed by atoms with Gasteiger partial charge in [-0.3, -0.25) is 19.3 Å². The second kappa shape index (κ2) is 5.34. The van der Waals surface area contributed by atoms with Crippen molar-refractivity contribution in [2.24, 2.45) is 0 Å². The van der Waals surface area contributed by atoms with Crippen molar-refractivity contribution in [1.29, 1.82) is 0 Å². The van der Waals surface area contributed by atoms with Gasteiger partial charge in [-0.2, -0.15) is 0 Å². The van der Waals surface area contributed by atoms with E-state index in [4.69, 9.17) is 4.52 Å². The molecule has 1 aromatic heterocycles. The monoisotopic (exact) mass is 309 g/mol. The lowest BCUT2D eigenvalue weighted by molar-refractivity contribution is 0.0465. The van der Waals surface area contributed by atoms with Crippen molar-refractivity contribution in [3.63, 3.8) is 0 Å². The molecule has 1 aromatic rings. The van der Waals surface area contributed by atoms with Crippen LogP contribution in [0.3, 0.4) is 0 Å². The summed E-state index contributed by atoms with van der Waals surface area (Å²) < 4.78 is 6.92. The number of carbonyl (C=O) groups is 1. The Labute approximate surface area is 125 Å². The number of piperidine rings is 1. The second-order valence-corrected chi connectivity index (χ2v) is 6.00. The third kappa shape index (κ3) is 2.13. The van der Waals surface area contributed by atoms with Gasteiger partial charge in [0, 0.05) is 24.8 Å². The van der Waals surface area contributed by atoms with Crippen LogP contribution in [0.25, 0.3) is 0 Å². The number of amides is 1. The van der Waals surface area contributed by atoms with Crippen LogP contribution in [0.2, 0.25) is 0 Å². The van der Waals surface area contributed by atoms with Crippen molar-refractivity contribution in [2.45, 2.75) is 45.3 Å². The number of nitrogens with zero attached hydrogens (tertiary/aromatic N) is 3. The molecule has 2 atom stereocenters. The van der Waals surface area contributed by atoms with E-state index in [0.29, 0.717) is 5.69 Å². The van der Waals surface area contributed by atoms with Crippen molar-refractivity contribution in [1.82, 2.24) is 9.58 Å². The number of rotatable bonds is 2. The molecule has 0 aromatic carbocycles. The first-order chi connectivity index (χ1) is 10.1. The van der Waals surface area contributed by atoms with E-state index in [2.05, 4.69) is 28.3 Å². The van der Waals surface area contributed by atoms with Crippen molar-refractivity contribution < 1.29 is 9.32 Å². The zero-order valence-corrected chi connectivity index (χ0v) is 13.4. The highest BCUT2D eigenvalue weighted by Gasteiger charge is 2.41. The quantitative estimate of drug-likeness (QED) is 0.774. The number of pyridine rings is 1. The van der Waals surface area contributed by atoms with Gasteiger partial charge >= 0.3 is 0 Å². The summed E-state index contributed by atoms with van der Waals surface area (Å²) in [6.45, 7) is 4.91. The molecule has 7 heteroatoms. The Bertz CT molecular complexity index is 628. The van der Waals surface area contributed by atoms with E-state index < -0.39 is 0 Å². The molecular formula is C14H20N3O3P. The Kier molecular flexibility index (Phi) is 3.66. The van der Waals surface area contributed by atoms with Gasteiger partial charge in [-0.05, 0) is 33.1 Å². The summed E-state index contributed by atoms with van der Waals surface area (Å²) in [6, 6.07) is 1.66. The lowest BCUT2D eigenvalue weighted by atomic mass is 10.0. The highest BCUT2D eigenvalue weighted by atomic mass is 31.0. The van der Waals surface area contributed by atoms with Crippen LogP contribution in [0.15, 0.2) is 17.1 Å². The third-order valence-electron chi connectivity index (χ3n) is 4.17. The molecule has 114 valence electrons. The van der Waals surface area contributed by atoms with E-state index in [1.807, 2.05) is 4.90 Å². The summed E-state index contributed by atoms with van der Waals surface area (Å²) in [5.74, 6) is -0.0195. The predicted octanol–water partition coefficient (Wildman–Crippen LogP) is 1.33. The third-order valence-corrected chi connectivity index (χ3v) is 4.41. The molecule has 2 aliphatic rings. The van der Waals surface area contributed by atoms with Gasteiger partial charge in [0.05, 0.1) is 9.47 Å². The molecule has 0 saturated carbocycles. The maximum absolute atomic E-state index is 12.8. The Morgan fingerprint density at radius 3 is 2.76 bits per heavy atom. The number of carbonyl (C=O) groups excluding carboxylic acids is 1. The van der Waals surface area contributed by atoms with Crippen molar-refractivity contribution in [3.05, 3.63) is 28.2 Å². The summed E-state index contributed by atoms with van der Waals surface area (Å²) in [6.07, 6.45) is 4.79. The van der Waals surface area contributed by atoms with Gasteiger partial charge in [-0.15, -0.1) is 0 Å². The topological polar surface area (TPSA) is 54.8 Å². The fourth-order valence-corrected chi connectivity index (χ4v) is 3.54. The van der Waals surface area contributed by atoms with Gasteiger partial charge in [0.25, 0.3) is 5.91 Å². The fourth-order valence-electron chi connectivity index (χ4n) is 3.31. The number of hydrogen-bond donors (Lipinski definition) is 0. The normalized spacial score (nSPS) is 21.3. The summed E-state index contributed by atoms with van der Waals surface area (Å²) >= 11 is 0. The minimum absolute atomic E-state index is 0.0543. The maximum atomic E-state index is 12.8. The van der Waals surface area contributed by atoms with Gasteiger partial charge in [-0.1, -0.05) is 0 Å². The van der Waals surface area contributed by atoms with E-state index in [9.17, 15) is 9.59 Å². The van der Waals surface area contributed by atoms with Crippen LogP contribution in [0.1, 0.15) is 43.6 Å². The largest absolute Gasteiger partial charge is 0.474 e. The van der Waals surface area contributed by atoms with Crippen LogP contribution >= 0.6 is 9.47 Å². The molecule has 2 aliphatic heterocycles. The van der Waals surface area contributed by atoms with Crippen LogP contribution in [0.4, 0.5) is 0 Å². The molecular weight excluding hydrogens is 289 g/mol. The second-order valence-electron chi connectivity index (χ2n) is 5.77. The molecule has 1 fully saturated rings. The smallest absolute Gasteiger partial charge is 0.278 e. The molecule has 21 heavy (non-hydrogen) atoms. The van der Waals surface area contributed by atoms with Gasteiger partial charge < -0.3 is 9.42 Å². The molecule has 0 radical (unpaired) electrons. The van der Waals surface area contributed by atoms with Crippen molar-refractivity contribution in [3.8, 4) is 5.75 Å². The number of aromatic nitrogens is 1. The van der Waals surface area contributed by atoms with E-state index in [1.165, 1.54) is 6.07 Å². The van der Waals surface area contributed by atoms with E-state index in [0.717, 1.165) is 25.8 Å². The van der Waals surface area contributed by atoms with Crippen molar-refractivity contribution >= 4 is 15.4 Å². The molecule has 0 bridgehead atoms. The fraction of sp³-hybridized carbons (Fsp3) is 0.571. The van der Waals surface area contributed by atoms with Crippen LogP contribution in [-0.2, 0) is 0 Å². The summed E-state index contributed by atoms with van der Waals surface area (Å²) in [5, 5.41) is 2.16. The van der Waals surface area contributed by atoms with Crippen LogP contribution in [0.5, 0.6) is 5.75 Å². The lowest BCUT2D eigenvalue weighted by Gasteiger charge is -2.50. The minimum atomic E-state index is -0.274. The van der Waals surface area contributed by atoms with E-state index in [1.54, 1.807) is 10.9 Å². The Balaban J connectivity index is 2.23. The van der Waals surface area contributed by atoms with E-state index in [-0.39, 0.29) is 29.3 Å². The SMILES string of the molecule is CC(C)N1[C@@H]2CCCCN2C(=O)c2c(OP)c(=O)ccn21. The lowest BCUT2D eigenvalue weighted by Crippen LogP contribution is -2.64. The average molecular weight is 309 g/mol. The molecule has 3 heterocycles. The predicted molar refractivity (Wildman–Crippen MR) is 83.1 cm³/mol. The molecule has 1 amide bonds. The molecule has 3 rings (SSSR count). The first-order valence-electron chi connectivity index (χ1n) is 7.28. The molecule has 0 N–H and O–H groups in total. The first-order valence-corrected chi connectivity index (χ1v) is 7.75. The summed E-state index contributed by atoms with van der Waals surface area (Å²) in [4.78, 5) is 26.6. The molecule has 6 nitrogen and oxygen atoms in total. The highest BCUT2D eigenvalue weighted by Crippen LogP contribution is 2.31. The zero-order valence-electron chi connectivity index (χ0n) is 12.3. The van der Waals surface area contributed by atoms with Gasteiger partial charge in [-0.25, -0.2) is 0 Å². The Morgan fingerprint density at radius 2 is 2.10 bits per heavy atom. The average Bonchev–Trinajstić information content (AvgIpc) is 2.47. The van der Waals surface area contributed by atoms with Gasteiger partial charge in [0.2, 0.25) is 11.2 Å². The van der Waals surface area contributed by atoms with Crippen LogP contribution < -0.4 is 15.0 Å². The Hall–Kier alpha value is -1.55. The van der Waals surface area contributed by atoms with E-state index >= 15 is 0 Å². The molecule has 1 unspecified atom stereocenters. The summed E-state index contributed by atoms with van der Waals surface area (Å²) in [7, 11) is 2.07. The molecule has 1 saturated heterocycles. The van der Waals surface area contributed by atoms with Gasteiger partial charge in [0.15, 0.2) is 5.69 Å². The first kappa shape index (κ1) is 14.4. The summed E-state index contributed by atoms with van der Waals surface area (Å²) in [5.41, 5.74) is 0.0492. The molecule has 0 aliphatic carbocycles. The standard InChI is InChI=1S/C14H20N3O3P/c1-9(2)17-11-5-3-4-7-15(11)14(19)12-13(20-21)10(18)6-8-16(12)17/h6,8-9,11H,3-5,7,21H2,1-2H3/t11-/m1/s1. The number of hydrogen-bond acceptors (Lipinski definition) is 4. The Morgan fingerprint density at radius 1 is 1.33 bits per heavy atom. The molecule has 0 spiro atoms. The van der Waals surface area contributed by atoms with Crippen molar-refractivity contribution in [2.75, 3.05) is 11.6 Å². The minimum Gasteiger partial charge on any atom is -0.474 e.